The van der Waals surface area contributed by atoms with E-state index < -0.39 is 5.97 Å². The topological polar surface area (TPSA) is 94.0 Å². The molecule has 100 valence electrons. The summed E-state index contributed by atoms with van der Waals surface area (Å²) in [5.74, 6) is 4.97. The van der Waals surface area contributed by atoms with Gasteiger partial charge in [0.15, 0.2) is 5.82 Å². The molecule has 2 aromatic rings. The Balaban J connectivity index is 2.39. The SMILES string of the molecule is Nn1c(SCC(=O)O)nnc1-c1c(Cl)cccc1Cl. The lowest BCUT2D eigenvalue weighted by Crippen LogP contribution is -2.12. The third-order valence-corrected chi connectivity index (χ3v) is 3.73. The van der Waals surface area contributed by atoms with Gasteiger partial charge in [0.2, 0.25) is 5.16 Å². The van der Waals surface area contributed by atoms with E-state index in [2.05, 4.69) is 10.2 Å². The van der Waals surface area contributed by atoms with Crippen LogP contribution in [0.2, 0.25) is 10.0 Å². The largest absolute Gasteiger partial charge is 0.481 e. The molecule has 0 unspecified atom stereocenters. The van der Waals surface area contributed by atoms with Crippen molar-refractivity contribution in [1.82, 2.24) is 14.9 Å². The second-order valence-corrected chi connectivity index (χ2v) is 5.21. The molecule has 3 N–H and O–H groups in total. The molecule has 0 aliphatic carbocycles. The number of carboxylic acids is 1. The van der Waals surface area contributed by atoms with Gasteiger partial charge in [0.25, 0.3) is 0 Å². The molecule has 0 fully saturated rings. The van der Waals surface area contributed by atoms with E-state index in [1.165, 1.54) is 4.68 Å². The van der Waals surface area contributed by atoms with Gasteiger partial charge in [-0.3, -0.25) is 4.79 Å². The molecule has 0 aliphatic heterocycles. The van der Waals surface area contributed by atoms with E-state index in [0.717, 1.165) is 11.8 Å². The lowest BCUT2D eigenvalue weighted by molar-refractivity contribution is -0.133. The Bertz CT molecular complexity index is 612. The summed E-state index contributed by atoms with van der Waals surface area (Å²) in [6, 6.07) is 5.01. The highest BCUT2D eigenvalue weighted by Crippen LogP contribution is 2.33. The Labute approximate surface area is 122 Å². The summed E-state index contributed by atoms with van der Waals surface area (Å²) in [6.07, 6.45) is 0. The highest BCUT2D eigenvalue weighted by atomic mass is 35.5. The van der Waals surface area contributed by atoms with Gasteiger partial charge in [0, 0.05) is 0 Å². The lowest BCUT2D eigenvalue weighted by Gasteiger charge is -2.06. The summed E-state index contributed by atoms with van der Waals surface area (Å²) in [4.78, 5) is 10.5. The van der Waals surface area contributed by atoms with Gasteiger partial charge < -0.3 is 10.9 Å². The van der Waals surface area contributed by atoms with Crippen LogP contribution in [0.4, 0.5) is 0 Å². The number of nitrogens with two attached hydrogens (primary N) is 1. The van der Waals surface area contributed by atoms with Gasteiger partial charge in [0.1, 0.15) is 0 Å². The maximum atomic E-state index is 10.5. The lowest BCUT2D eigenvalue weighted by atomic mass is 10.2. The Kier molecular flexibility index (Phi) is 4.18. The Hall–Kier alpha value is -1.44. The number of nitrogens with zero attached hydrogens (tertiary/aromatic N) is 3. The van der Waals surface area contributed by atoms with E-state index in [1.807, 2.05) is 0 Å². The van der Waals surface area contributed by atoms with Crippen LogP contribution in [0.15, 0.2) is 23.4 Å². The molecule has 0 atom stereocenters. The number of carboxylic acid groups (broad SMARTS) is 1. The zero-order chi connectivity index (χ0) is 14.0. The van der Waals surface area contributed by atoms with Crippen molar-refractivity contribution in [3.63, 3.8) is 0 Å². The minimum absolute atomic E-state index is 0.161. The molecule has 0 saturated heterocycles. The number of thioether (sulfide) groups is 1. The standard InChI is InChI=1S/C10H8Cl2N4O2S/c11-5-2-1-3-6(12)8(5)9-14-15-10(16(9)13)19-4-7(17)18/h1-3H,4,13H2,(H,17,18). The molecule has 0 bridgehead atoms. The minimum Gasteiger partial charge on any atom is -0.481 e. The zero-order valence-corrected chi connectivity index (χ0v) is 11.7. The second kappa shape index (κ2) is 5.68. The number of carbonyl (C=O) groups is 1. The first-order chi connectivity index (χ1) is 9.00. The molecule has 0 radical (unpaired) electrons. The highest BCUT2D eigenvalue weighted by Gasteiger charge is 2.18. The van der Waals surface area contributed by atoms with Gasteiger partial charge in [-0.25, -0.2) is 4.68 Å². The van der Waals surface area contributed by atoms with Crippen molar-refractivity contribution in [1.29, 1.82) is 0 Å². The van der Waals surface area contributed by atoms with Gasteiger partial charge in [0.05, 0.1) is 21.4 Å². The summed E-state index contributed by atoms with van der Waals surface area (Å²) in [5, 5.41) is 17.4. The molecule has 9 heteroatoms. The molecule has 1 aromatic heterocycles. The van der Waals surface area contributed by atoms with Crippen LogP contribution in [-0.2, 0) is 4.79 Å². The maximum Gasteiger partial charge on any atom is 0.313 e. The van der Waals surface area contributed by atoms with E-state index in [1.54, 1.807) is 18.2 Å². The maximum absolute atomic E-state index is 10.5. The first-order valence-electron chi connectivity index (χ1n) is 5.00. The van der Waals surface area contributed by atoms with Crippen LogP contribution in [0, 0.1) is 0 Å². The van der Waals surface area contributed by atoms with Crippen LogP contribution in [-0.4, -0.2) is 31.7 Å². The predicted octanol–water partition coefficient (Wildman–Crippen LogP) is 2.14. The van der Waals surface area contributed by atoms with E-state index in [9.17, 15) is 4.79 Å². The van der Waals surface area contributed by atoms with Crippen molar-refractivity contribution >= 4 is 40.9 Å². The zero-order valence-electron chi connectivity index (χ0n) is 9.38. The molecular formula is C10H8Cl2N4O2S. The monoisotopic (exact) mass is 318 g/mol. The summed E-state index contributed by atoms with van der Waals surface area (Å²) in [6.45, 7) is 0. The molecule has 1 aromatic carbocycles. The fourth-order valence-corrected chi connectivity index (χ4v) is 2.53. The number of halogens is 2. The van der Waals surface area contributed by atoms with Gasteiger partial charge >= 0.3 is 5.97 Å². The number of benzene rings is 1. The average molecular weight is 319 g/mol. The molecule has 2 rings (SSSR count). The van der Waals surface area contributed by atoms with Gasteiger partial charge in [-0.05, 0) is 12.1 Å². The van der Waals surface area contributed by atoms with Crippen LogP contribution in [0.3, 0.4) is 0 Å². The van der Waals surface area contributed by atoms with E-state index in [0.29, 0.717) is 15.6 Å². The van der Waals surface area contributed by atoms with Crippen molar-refractivity contribution < 1.29 is 9.90 Å². The number of aliphatic carboxylic acids is 1. The Morgan fingerprint density at radius 2 is 2.00 bits per heavy atom. The summed E-state index contributed by atoms with van der Waals surface area (Å²) in [7, 11) is 0. The van der Waals surface area contributed by atoms with Crippen LogP contribution < -0.4 is 5.84 Å². The molecule has 19 heavy (non-hydrogen) atoms. The number of rotatable bonds is 4. The third-order valence-electron chi connectivity index (χ3n) is 2.18. The van der Waals surface area contributed by atoms with Gasteiger partial charge in [-0.2, -0.15) is 0 Å². The molecule has 1 heterocycles. The number of nitrogen functional groups attached to an aromatic ring is 1. The number of aromatic nitrogens is 3. The van der Waals surface area contributed by atoms with Crippen molar-refractivity contribution in [3.05, 3.63) is 28.2 Å². The van der Waals surface area contributed by atoms with Crippen LogP contribution in [0.5, 0.6) is 0 Å². The van der Waals surface area contributed by atoms with E-state index in [4.69, 9.17) is 34.2 Å². The quantitative estimate of drug-likeness (QED) is 0.662. The van der Waals surface area contributed by atoms with Crippen molar-refractivity contribution in [3.8, 4) is 11.4 Å². The first kappa shape index (κ1) is 14.0. The predicted molar refractivity (Wildman–Crippen MR) is 74.0 cm³/mol. The normalized spacial score (nSPS) is 10.6. The van der Waals surface area contributed by atoms with Crippen LogP contribution >= 0.6 is 35.0 Å². The summed E-state index contributed by atoms with van der Waals surface area (Å²) in [5.41, 5.74) is 0.461. The Morgan fingerprint density at radius 1 is 1.37 bits per heavy atom. The van der Waals surface area contributed by atoms with Gasteiger partial charge in [-0.15, -0.1) is 10.2 Å². The summed E-state index contributed by atoms with van der Waals surface area (Å²) >= 11 is 13.1. The molecular weight excluding hydrogens is 311 g/mol. The van der Waals surface area contributed by atoms with Crippen molar-refractivity contribution in [2.24, 2.45) is 0 Å². The molecule has 0 amide bonds. The van der Waals surface area contributed by atoms with Crippen molar-refractivity contribution in [2.45, 2.75) is 5.16 Å². The van der Waals surface area contributed by atoms with E-state index in [-0.39, 0.29) is 16.7 Å². The first-order valence-corrected chi connectivity index (χ1v) is 6.74. The fourth-order valence-electron chi connectivity index (χ4n) is 1.38. The third kappa shape index (κ3) is 2.94. The second-order valence-electron chi connectivity index (χ2n) is 3.46. The Morgan fingerprint density at radius 3 is 2.58 bits per heavy atom. The minimum atomic E-state index is -0.967. The van der Waals surface area contributed by atoms with Crippen LogP contribution in [0.25, 0.3) is 11.4 Å². The molecule has 0 aliphatic rings. The molecule has 6 nitrogen and oxygen atoms in total. The molecule has 0 spiro atoms. The average Bonchev–Trinajstić information content (AvgIpc) is 2.68. The van der Waals surface area contributed by atoms with Crippen LogP contribution in [0.1, 0.15) is 0 Å². The highest BCUT2D eigenvalue weighted by molar-refractivity contribution is 7.99. The van der Waals surface area contributed by atoms with E-state index >= 15 is 0 Å². The van der Waals surface area contributed by atoms with Crippen molar-refractivity contribution in [2.75, 3.05) is 11.6 Å². The fraction of sp³-hybridized carbons (Fsp3) is 0.100. The smallest absolute Gasteiger partial charge is 0.313 e. The number of hydrogen-bond donors (Lipinski definition) is 2. The van der Waals surface area contributed by atoms with Gasteiger partial charge in [-0.1, -0.05) is 41.0 Å². The molecule has 0 saturated carbocycles. The number of hydrogen-bond acceptors (Lipinski definition) is 5. The summed E-state index contributed by atoms with van der Waals surface area (Å²) < 4.78 is 1.17.